The predicted octanol–water partition coefficient (Wildman–Crippen LogP) is 4.30. The number of rotatable bonds is 5. The van der Waals surface area contributed by atoms with Crippen molar-refractivity contribution in [3.8, 4) is 0 Å². The zero-order valence-corrected chi connectivity index (χ0v) is 11.1. The van der Waals surface area contributed by atoms with E-state index in [9.17, 15) is 5.11 Å². The van der Waals surface area contributed by atoms with Gasteiger partial charge in [-0.1, -0.05) is 26.2 Å². The molecule has 80 valence electrons. The van der Waals surface area contributed by atoms with E-state index in [1.165, 1.54) is 12.8 Å². The fourth-order valence-corrected chi connectivity index (χ4v) is 3.40. The first-order chi connectivity index (χ1) is 6.58. The van der Waals surface area contributed by atoms with Crippen molar-refractivity contribution in [3.63, 3.8) is 0 Å². The van der Waals surface area contributed by atoms with E-state index in [0.717, 1.165) is 22.2 Å². The maximum Gasteiger partial charge on any atom is 0.0971 e. The van der Waals surface area contributed by atoms with E-state index in [0.29, 0.717) is 0 Å². The molecule has 1 aromatic rings. The van der Waals surface area contributed by atoms with Gasteiger partial charge in [-0.3, -0.25) is 0 Å². The molecule has 0 saturated carbocycles. The Balaban J connectivity index is 2.61. The van der Waals surface area contributed by atoms with Gasteiger partial charge < -0.3 is 5.11 Å². The average Bonchev–Trinajstić information content (AvgIpc) is 2.52. The van der Waals surface area contributed by atoms with Crippen LogP contribution in [0.4, 0.5) is 0 Å². The molecule has 1 aromatic heterocycles. The highest BCUT2D eigenvalue weighted by Gasteiger charge is 2.25. The molecular weight excluding hydrogens is 260 g/mol. The molecule has 0 aliphatic heterocycles. The van der Waals surface area contributed by atoms with Gasteiger partial charge in [0.25, 0.3) is 0 Å². The Bertz CT molecular complexity index is 281. The molecule has 0 radical (unpaired) electrons. The molecule has 3 heteroatoms. The van der Waals surface area contributed by atoms with Crippen LogP contribution in [0.1, 0.15) is 44.4 Å². The van der Waals surface area contributed by atoms with E-state index in [1.54, 1.807) is 11.3 Å². The van der Waals surface area contributed by atoms with Crippen molar-refractivity contribution in [2.45, 2.75) is 45.1 Å². The molecule has 0 saturated heterocycles. The second-order valence-electron chi connectivity index (χ2n) is 3.83. The molecule has 0 fully saturated rings. The van der Waals surface area contributed by atoms with E-state index >= 15 is 0 Å². The van der Waals surface area contributed by atoms with Gasteiger partial charge in [-0.2, -0.15) is 0 Å². The lowest BCUT2D eigenvalue weighted by Gasteiger charge is -2.22. The number of unbranched alkanes of at least 4 members (excludes halogenated alkanes) is 2. The van der Waals surface area contributed by atoms with Gasteiger partial charge >= 0.3 is 0 Å². The summed E-state index contributed by atoms with van der Waals surface area (Å²) in [5.74, 6) is 0. The maximum atomic E-state index is 10.3. The van der Waals surface area contributed by atoms with Crippen molar-refractivity contribution in [1.82, 2.24) is 0 Å². The molecule has 14 heavy (non-hydrogen) atoms. The summed E-state index contributed by atoms with van der Waals surface area (Å²) < 4.78 is 1.03. The first-order valence-corrected chi connectivity index (χ1v) is 6.71. The fourth-order valence-electron chi connectivity index (χ4n) is 1.51. The number of hydrogen-bond acceptors (Lipinski definition) is 2. The average molecular weight is 277 g/mol. The summed E-state index contributed by atoms with van der Waals surface area (Å²) in [6.07, 6.45) is 4.33. The summed E-state index contributed by atoms with van der Waals surface area (Å²) in [6, 6.07) is 1.99. The van der Waals surface area contributed by atoms with Crippen molar-refractivity contribution in [1.29, 1.82) is 0 Å². The van der Waals surface area contributed by atoms with Crippen molar-refractivity contribution < 1.29 is 5.11 Å². The van der Waals surface area contributed by atoms with Gasteiger partial charge in [0.2, 0.25) is 0 Å². The molecular formula is C11H17BrOS. The van der Waals surface area contributed by atoms with E-state index in [2.05, 4.69) is 22.9 Å². The largest absolute Gasteiger partial charge is 0.385 e. The Morgan fingerprint density at radius 1 is 1.50 bits per heavy atom. The number of thiophene rings is 1. The standard InChI is InChI=1S/C11H17BrOS/c1-3-4-5-7-11(2,13)10-9(12)6-8-14-10/h6,8,13H,3-5,7H2,1-2H3. The van der Waals surface area contributed by atoms with Gasteiger partial charge in [0.05, 0.1) is 5.60 Å². The van der Waals surface area contributed by atoms with Gasteiger partial charge in [-0.05, 0) is 40.7 Å². The second kappa shape index (κ2) is 5.29. The first kappa shape index (κ1) is 12.2. The minimum Gasteiger partial charge on any atom is -0.385 e. The van der Waals surface area contributed by atoms with Crippen LogP contribution in [0, 0.1) is 0 Å². The minimum atomic E-state index is -0.665. The normalized spacial score (nSPS) is 15.4. The van der Waals surface area contributed by atoms with E-state index in [-0.39, 0.29) is 0 Å². The highest BCUT2D eigenvalue weighted by atomic mass is 79.9. The van der Waals surface area contributed by atoms with Gasteiger partial charge in [-0.15, -0.1) is 11.3 Å². The maximum absolute atomic E-state index is 10.3. The van der Waals surface area contributed by atoms with Crippen LogP contribution in [0.3, 0.4) is 0 Å². The third kappa shape index (κ3) is 3.07. The van der Waals surface area contributed by atoms with E-state index in [1.807, 2.05) is 18.4 Å². The minimum absolute atomic E-state index is 0.665. The molecule has 0 aliphatic carbocycles. The lowest BCUT2D eigenvalue weighted by molar-refractivity contribution is 0.0481. The Hall–Kier alpha value is 0.140. The summed E-state index contributed by atoms with van der Waals surface area (Å²) in [4.78, 5) is 1.05. The number of halogens is 1. The Labute approximate surface area is 98.3 Å². The Morgan fingerprint density at radius 3 is 2.71 bits per heavy atom. The molecule has 1 unspecified atom stereocenters. The van der Waals surface area contributed by atoms with Crippen LogP contribution in [0.25, 0.3) is 0 Å². The Morgan fingerprint density at radius 2 is 2.21 bits per heavy atom. The predicted molar refractivity (Wildman–Crippen MR) is 65.7 cm³/mol. The smallest absolute Gasteiger partial charge is 0.0971 e. The van der Waals surface area contributed by atoms with Crippen LogP contribution >= 0.6 is 27.3 Å². The Kier molecular flexibility index (Phi) is 4.61. The highest BCUT2D eigenvalue weighted by Crippen LogP contribution is 2.36. The summed E-state index contributed by atoms with van der Waals surface area (Å²) in [7, 11) is 0. The molecule has 0 aliphatic rings. The summed E-state index contributed by atoms with van der Waals surface area (Å²) in [5, 5.41) is 12.3. The van der Waals surface area contributed by atoms with E-state index in [4.69, 9.17) is 0 Å². The molecule has 1 heterocycles. The van der Waals surface area contributed by atoms with Crippen LogP contribution in [0.15, 0.2) is 15.9 Å². The van der Waals surface area contributed by atoms with E-state index < -0.39 is 5.60 Å². The van der Waals surface area contributed by atoms with Crippen LogP contribution in [0.5, 0.6) is 0 Å². The topological polar surface area (TPSA) is 20.2 Å². The molecule has 0 bridgehead atoms. The summed E-state index contributed by atoms with van der Waals surface area (Å²) in [6.45, 7) is 4.08. The molecule has 0 spiro atoms. The number of aliphatic hydroxyl groups is 1. The molecule has 1 atom stereocenters. The van der Waals surface area contributed by atoms with Crippen LogP contribution in [0.2, 0.25) is 0 Å². The summed E-state index contributed by atoms with van der Waals surface area (Å²) in [5.41, 5.74) is -0.665. The van der Waals surface area contributed by atoms with Crippen LogP contribution < -0.4 is 0 Å². The summed E-state index contributed by atoms with van der Waals surface area (Å²) >= 11 is 5.08. The molecule has 1 N–H and O–H groups in total. The van der Waals surface area contributed by atoms with Crippen LogP contribution in [-0.2, 0) is 5.60 Å². The quantitative estimate of drug-likeness (QED) is 0.796. The van der Waals surface area contributed by atoms with Gasteiger partial charge in [0, 0.05) is 9.35 Å². The second-order valence-corrected chi connectivity index (χ2v) is 5.60. The third-order valence-electron chi connectivity index (χ3n) is 2.37. The fraction of sp³-hybridized carbons (Fsp3) is 0.636. The van der Waals surface area contributed by atoms with Crippen molar-refractivity contribution in [2.75, 3.05) is 0 Å². The lowest BCUT2D eigenvalue weighted by atomic mass is 9.97. The van der Waals surface area contributed by atoms with Crippen LogP contribution in [-0.4, -0.2) is 5.11 Å². The monoisotopic (exact) mass is 276 g/mol. The van der Waals surface area contributed by atoms with Crippen molar-refractivity contribution in [2.24, 2.45) is 0 Å². The molecule has 0 amide bonds. The van der Waals surface area contributed by atoms with Gasteiger partial charge in [0.15, 0.2) is 0 Å². The number of hydrogen-bond donors (Lipinski definition) is 1. The molecule has 1 rings (SSSR count). The van der Waals surface area contributed by atoms with Gasteiger partial charge in [0.1, 0.15) is 0 Å². The SMILES string of the molecule is CCCCCC(C)(O)c1sccc1Br. The van der Waals surface area contributed by atoms with Crippen molar-refractivity contribution in [3.05, 3.63) is 20.8 Å². The molecule has 1 nitrogen and oxygen atoms in total. The zero-order chi connectivity index (χ0) is 10.6. The molecule has 0 aromatic carbocycles. The van der Waals surface area contributed by atoms with Crippen molar-refractivity contribution >= 4 is 27.3 Å². The zero-order valence-electron chi connectivity index (χ0n) is 8.72. The first-order valence-electron chi connectivity index (χ1n) is 5.04. The highest BCUT2D eigenvalue weighted by molar-refractivity contribution is 9.10. The third-order valence-corrected chi connectivity index (χ3v) is 4.46. The lowest BCUT2D eigenvalue weighted by Crippen LogP contribution is -2.19. The van der Waals surface area contributed by atoms with Gasteiger partial charge in [-0.25, -0.2) is 0 Å².